The maximum absolute atomic E-state index is 12.8. The Bertz CT molecular complexity index is 729. The Morgan fingerprint density at radius 1 is 1.32 bits per heavy atom. The summed E-state index contributed by atoms with van der Waals surface area (Å²) in [4.78, 5) is 15.8. The van der Waals surface area contributed by atoms with Crippen molar-refractivity contribution in [1.29, 1.82) is 0 Å². The highest BCUT2D eigenvalue weighted by Gasteiger charge is 2.43. The molecule has 2 saturated heterocycles. The van der Waals surface area contributed by atoms with Crippen LogP contribution in [0.1, 0.15) is 45.4 Å². The zero-order chi connectivity index (χ0) is 21.5. The summed E-state index contributed by atoms with van der Waals surface area (Å²) in [6.07, 6.45) is 9.36. The summed E-state index contributed by atoms with van der Waals surface area (Å²) in [5, 5.41) is 20.5. The molecule has 0 aromatic rings. The van der Waals surface area contributed by atoms with Gasteiger partial charge in [0.2, 0.25) is 0 Å². The van der Waals surface area contributed by atoms with E-state index in [0.29, 0.717) is 12.7 Å². The van der Waals surface area contributed by atoms with Gasteiger partial charge in [-0.15, -0.1) is 11.8 Å². The highest BCUT2D eigenvalue weighted by molar-refractivity contribution is 8.04. The van der Waals surface area contributed by atoms with Crippen molar-refractivity contribution in [3.05, 3.63) is 11.1 Å². The first-order valence-corrected chi connectivity index (χ1v) is 12.8. The van der Waals surface area contributed by atoms with Crippen LogP contribution in [0.15, 0.2) is 11.1 Å². The first-order valence-electron chi connectivity index (χ1n) is 11.8. The van der Waals surface area contributed by atoms with Crippen molar-refractivity contribution in [3.63, 3.8) is 0 Å². The van der Waals surface area contributed by atoms with Gasteiger partial charge in [-0.3, -0.25) is 20.7 Å². The van der Waals surface area contributed by atoms with Crippen molar-refractivity contribution >= 4 is 29.3 Å². The van der Waals surface area contributed by atoms with Crippen LogP contribution < -0.4 is 36.6 Å². The summed E-state index contributed by atoms with van der Waals surface area (Å²) in [6, 6.07) is 0.112. The highest BCUT2D eigenvalue weighted by atomic mass is 32.2. The number of carbonyl (C=O) groups excluding carboxylic acids is 1. The fourth-order valence-corrected chi connectivity index (χ4v) is 5.33. The average Bonchev–Trinajstić information content (AvgIpc) is 3.29. The number of piperidine rings is 1. The minimum atomic E-state index is 0.0190. The minimum absolute atomic E-state index is 0.0190. The highest BCUT2D eigenvalue weighted by Crippen LogP contribution is 2.24. The van der Waals surface area contributed by atoms with Crippen molar-refractivity contribution in [1.82, 2.24) is 41.5 Å². The molecule has 0 bridgehead atoms. The number of nitrogens with zero attached hydrogens (tertiary/aromatic N) is 2. The Hall–Kier alpha value is -1.71. The van der Waals surface area contributed by atoms with Gasteiger partial charge in [0.1, 0.15) is 6.67 Å². The van der Waals surface area contributed by atoms with E-state index in [1.807, 2.05) is 6.20 Å². The minimum Gasteiger partial charge on any atom is -0.350 e. The standard InChI is InChI=1S/C21H36N8OS/c1-2-3-6-17-27-19-18(25-14-26-19)20(28-17)29-11-12-31-15(13-29)21(30)24-10-9-23-16-7-4-5-8-22-16/h13,16,18,20,22-23,25H,2-12,14H2,1H3,(H2,24,26,27,28,30)/p+1. The van der Waals surface area contributed by atoms with Gasteiger partial charge in [-0.2, -0.15) is 0 Å². The van der Waals surface area contributed by atoms with Crippen LogP contribution in [0.25, 0.3) is 0 Å². The van der Waals surface area contributed by atoms with Crippen molar-refractivity contribution in [2.75, 3.05) is 38.6 Å². The Kier molecular flexibility index (Phi) is 8.15. The van der Waals surface area contributed by atoms with Crippen LogP contribution in [0.5, 0.6) is 0 Å². The molecule has 172 valence electrons. The average molecular weight is 450 g/mol. The van der Waals surface area contributed by atoms with E-state index in [0.717, 1.165) is 74.3 Å². The predicted molar refractivity (Wildman–Crippen MR) is 127 cm³/mol. The molecule has 0 saturated carbocycles. The molecular weight excluding hydrogens is 412 g/mol. The first kappa shape index (κ1) is 22.5. The largest absolute Gasteiger partial charge is 0.350 e. The van der Waals surface area contributed by atoms with E-state index in [1.165, 1.54) is 12.8 Å². The fourth-order valence-electron chi connectivity index (χ4n) is 4.40. The number of unbranched alkanes of at least 4 members (excludes halogenated alkanes) is 1. The van der Waals surface area contributed by atoms with E-state index in [-0.39, 0.29) is 18.1 Å². The van der Waals surface area contributed by atoms with Gasteiger partial charge in [0, 0.05) is 38.0 Å². The molecule has 0 radical (unpaired) electrons. The summed E-state index contributed by atoms with van der Waals surface area (Å²) in [6.45, 7) is 6.32. The van der Waals surface area contributed by atoms with E-state index in [9.17, 15) is 4.79 Å². The van der Waals surface area contributed by atoms with Gasteiger partial charge in [-0.25, -0.2) is 4.67 Å². The number of thioether (sulfide) groups is 1. The second-order valence-corrected chi connectivity index (χ2v) is 9.60. The van der Waals surface area contributed by atoms with E-state index in [1.54, 1.807) is 11.8 Å². The van der Waals surface area contributed by atoms with Crippen LogP contribution in [0.4, 0.5) is 0 Å². The molecule has 4 aliphatic heterocycles. The summed E-state index contributed by atoms with van der Waals surface area (Å²) in [5.74, 6) is 2.97. The van der Waals surface area contributed by atoms with Crippen LogP contribution in [0.2, 0.25) is 0 Å². The third-order valence-electron chi connectivity index (χ3n) is 6.12. The Morgan fingerprint density at radius 2 is 2.26 bits per heavy atom. The Balaban J connectivity index is 1.31. The molecule has 4 rings (SSSR count). The molecular formula is C21H37N8OS+. The van der Waals surface area contributed by atoms with E-state index in [4.69, 9.17) is 4.67 Å². The molecule has 31 heavy (non-hydrogen) atoms. The number of hydrogen-bond donors (Lipinski definition) is 6. The summed E-state index contributed by atoms with van der Waals surface area (Å²) in [7, 11) is 0. The van der Waals surface area contributed by atoms with Gasteiger partial charge in [0.05, 0.1) is 11.1 Å². The van der Waals surface area contributed by atoms with Gasteiger partial charge in [-0.05, 0) is 32.2 Å². The number of carbonyl (C=O) groups is 1. The van der Waals surface area contributed by atoms with Crippen LogP contribution in [-0.4, -0.2) is 79.5 Å². The molecule has 3 unspecified atom stereocenters. The molecule has 9 nitrogen and oxygen atoms in total. The van der Waals surface area contributed by atoms with Gasteiger partial charge in [0.15, 0.2) is 12.2 Å². The van der Waals surface area contributed by atoms with Crippen LogP contribution in [0.3, 0.4) is 0 Å². The number of fused-ring (bicyclic) bond motifs is 1. The van der Waals surface area contributed by atoms with E-state index in [2.05, 4.69) is 43.7 Å². The third-order valence-corrected chi connectivity index (χ3v) is 7.11. The lowest BCUT2D eigenvalue weighted by atomic mass is 10.1. The maximum atomic E-state index is 12.8. The van der Waals surface area contributed by atoms with Crippen LogP contribution in [0, 0.1) is 0 Å². The molecule has 0 aliphatic carbocycles. The number of amides is 1. The van der Waals surface area contributed by atoms with Crippen LogP contribution in [-0.2, 0) is 4.79 Å². The van der Waals surface area contributed by atoms with Crippen molar-refractivity contribution < 1.29 is 4.79 Å². The molecule has 2 fully saturated rings. The molecule has 6 N–H and O–H groups in total. The molecule has 4 aliphatic rings. The van der Waals surface area contributed by atoms with Crippen molar-refractivity contribution in [3.8, 4) is 0 Å². The number of amidine groups is 2. The zero-order valence-corrected chi connectivity index (χ0v) is 19.3. The third kappa shape index (κ3) is 5.96. The lowest BCUT2D eigenvalue weighted by Crippen LogP contribution is -2.62. The van der Waals surface area contributed by atoms with Gasteiger partial charge < -0.3 is 20.9 Å². The number of hydrogen-bond acceptors (Lipinski definition) is 8. The zero-order valence-electron chi connectivity index (χ0n) is 18.5. The molecule has 0 aromatic carbocycles. The second-order valence-electron chi connectivity index (χ2n) is 8.46. The van der Waals surface area contributed by atoms with Gasteiger partial charge in [0.25, 0.3) is 11.7 Å². The lowest BCUT2D eigenvalue weighted by Gasteiger charge is -2.35. The molecule has 4 heterocycles. The topological polar surface area (TPSA) is 107 Å². The SMILES string of the molecule is CCCCC1=[N+]=C2NCNC2C(N2C=C(C(=O)NCCNC3CCCCN3)SCC2)N1. The van der Waals surface area contributed by atoms with Crippen molar-refractivity contribution in [2.45, 2.75) is 63.8 Å². The number of nitrogens with one attached hydrogen (secondary N) is 6. The quantitative estimate of drug-likeness (QED) is 0.200. The maximum Gasteiger partial charge on any atom is 0.308 e. The summed E-state index contributed by atoms with van der Waals surface area (Å²) < 4.78 is 4.77. The predicted octanol–water partition coefficient (Wildman–Crippen LogP) is -0.815. The van der Waals surface area contributed by atoms with Gasteiger partial charge in [-0.1, -0.05) is 13.3 Å². The Morgan fingerprint density at radius 3 is 3.10 bits per heavy atom. The van der Waals surface area contributed by atoms with Crippen molar-refractivity contribution in [2.24, 2.45) is 0 Å². The smallest absolute Gasteiger partial charge is 0.308 e. The van der Waals surface area contributed by atoms with Crippen LogP contribution >= 0.6 is 11.8 Å². The molecule has 0 spiro atoms. The Labute approximate surface area is 189 Å². The number of rotatable bonds is 9. The molecule has 10 heteroatoms. The monoisotopic (exact) mass is 449 g/mol. The molecule has 3 atom stereocenters. The summed E-state index contributed by atoms with van der Waals surface area (Å²) in [5.41, 5.74) is 0. The molecule has 1 amide bonds. The normalized spacial score (nSPS) is 28.0. The van der Waals surface area contributed by atoms with E-state index < -0.39 is 0 Å². The first-order chi connectivity index (χ1) is 15.2. The molecule has 0 aromatic heterocycles. The fraction of sp³-hybridized carbons (Fsp3) is 0.762. The van der Waals surface area contributed by atoms with Gasteiger partial charge >= 0.3 is 5.84 Å². The summed E-state index contributed by atoms with van der Waals surface area (Å²) >= 11 is 1.64. The second kappa shape index (κ2) is 11.2. The van der Waals surface area contributed by atoms with E-state index >= 15 is 0 Å². The lowest BCUT2D eigenvalue weighted by molar-refractivity contribution is -0.116.